The Morgan fingerprint density at radius 2 is 0.867 bits per heavy atom. The number of rotatable bonds is 6. The van der Waals surface area contributed by atoms with Crippen molar-refractivity contribution in [2.45, 2.75) is 14.7 Å². The molecule has 0 aliphatic heterocycles. The van der Waals surface area contributed by atoms with E-state index in [1.165, 1.54) is 65.4 Å². The molecule has 0 aliphatic carbocycles. The molecule has 0 fully saturated rings. The largest absolute Gasteiger partial charge is 0.414 e. The van der Waals surface area contributed by atoms with E-state index in [1.807, 2.05) is 0 Å². The summed E-state index contributed by atoms with van der Waals surface area (Å²) < 4.78 is 56.0. The van der Waals surface area contributed by atoms with Gasteiger partial charge in [-0.05, 0) is 24.3 Å². The Labute approximate surface area is 285 Å². The number of carbonyl (C=O) groups excluding carboxylic acids is 3. The van der Waals surface area contributed by atoms with Crippen molar-refractivity contribution in [3.8, 4) is 17.2 Å². The van der Waals surface area contributed by atoms with Crippen molar-refractivity contribution in [1.29, 1.82) is 0 Å². The fraction of sp³-hybridized carbons (Fsp3) is 0.222. The molecule has 3 aromatic rings. The quantitative estimate of drug-likeness (QED) is 0.198. The maximum Gasteiger partial charge on any atom is 0.414 e. The molecule has 0 heterocycles. The molecule has 3 rings (SSSR count). The van der Waals surface area contributed by atoms with Crippen molar-refractivity contribution in [1.82, 2.24) is 14.7 Å². The number of ether oxygens (including phenoxy) is 3. The number of hydrogen-bond donors (Lipinski definition) is 1. The summed E-state index contributed by atoms with van der Waals surface area (Å²) in [6, 6.07) is 6.85. The van der Waals surface area contributed by atoms with Crippen LogP contribution in [0.2, 0.25) is 15.1 Å². The van der Waals surface area contributed by atoms with Crippen LogP contribution in [-0.2, 0) is 0 Å². The van der Waals surface area contributed by atoms with Crippen LogP contribution in [0.5, 0.6) is 17.2 Å². The van der Waals surface area contributed by atoms with Crippen LogP contribution in [0, 0.1) is 17.5 Å². The number of amides is 3. The second-order valence-corrected chi connectivity index (χ2v) is 13.0. The van der Waals surface area contributed by atoms with Crippen molar-refractivity contribution in [3.05, 3.63) is 68.9 Å². The van der Waals surface area contributed by atoms with Gasteiger partial charge in [0.25, 0.3) is 0 Å². The lowest BCUT2D eigenvalue weighted by atomic mass is 10.3. The number of thiol groups is 1. The molecule has 244 valence electrons. The van der Waals surface area contributed by atoms with E-state index in [4.69, 9.17) is 49.0 Å². The summed E-state index contributed by atoms with van der Waals surface area (Å²) in [5.41, 5.74) is 0. The number of hydrogen-bond acceptors (Lipinski definition) is 9. The van der Waals surface area contributed by atoms with Gasteiger partial charge < -0.3 is 28.9 Å². The molecule has 0 radical (unpaired) electrons. The molecule has 9 nitrogen and oxygen atoms in total. The summed E-state index contributed by atoms with van der Waals surface area (Å²) in [6.45, 7) is 0. The molecule has 18 heteroatoms. The van der Waals surface area contributed by atoms with E-state index < -0.39 is 35.7 Å². The second-order valence-electron chi connectivity index (χ2n) is 9.11. The number of benzene rings is 3. The Bertz CT molecular complexity index is 1510. The van der Waals surface area contributed by atoms with Crippen LogP contribution in [-0.4, -0.2) is 75.3 Å². The summed E-state index contributed by atoms with van der Waals surface area (Å²) in [7, 11) is 11.0. The van der Waals surface area contributed by atoms with E-state index in [2.05, 4.69) is 12.6 Å². The van der Waals surface area contributed by atoms with Crippen molar-refractivity contribution in [3.63, 3.8) is 0 Å². The Morgan fingerprint density at radius 1 is 0.578 bits per heavy atom. The van der Waals surface area contributed by atoms with Crippen molar-refractivity contribution < 1.29 is 41.8 Å². The minimum atomic E-state index is -0.803. The smallest absolute Gasteiger partial charge is 0.407 e. The molecule has 0 unspecified atom stereocenters. The summed E-state index contributed by atoms with van der Waals surface area (Å²) >= 11 is 21.8. The molecule has 0 N–H and O–H groups in total. The van der Waals surface area contributed by atoms with Crippen LogP contribution in [0.3, 0.4) is 0 Å². The molecule has 0 atom stereocenters. The first kappa shape index (κ1) is 38.4. The Kier molecular flexibility index (Phi) is 14.7. The van der Waals surface area contributed by atoms with E-state index in [-0.39, 0.29) is 32.3 Å². The monoisotopic (exact) mass is 745 g/mol. The standard InChI is InChI=1S/C18H16Cl2F2N2O4S2.C9H9ClFNO2S/c1-23(2)17(25)27-13-7-15(9(19)5-11(13)21)29-30-16-8-14(12(22)6-10(16)20)28-18(26)24(3)4;1-12(2)9(13)14-7-4-8(15)5(10)3-6(7)11/h5-8H,1-4H3;3-4,15H,1-2H3. The van der Waals surface area contributed by atoms with Gasteiger partial charge in [0.05, 0.1) is 15.1 Å². The normalized spacial score (nSPS) is 10.3. The first-order chi connectivity index (χ1) is 20.9. The third kappa shape index (κ3) is 11.5. The van der Waals surface area contributed by atoms with E-state index in [9.17, 15) is 27.6 Å². The van der Waals surface area contributed by atoms with Crippen LogP contribution in [0.15, 0.2) is 51.1 Å². The molecule has 0 spiro atoms. The van der Waals surface area contributed by atoms with Crippen molar-refractivity contribution in [2.75, 3.05) is 42.3 Å². The highest BCUT2D eigenvalue weighted by atomic mass is 35.5. The minimum Gasteiger partial charge on any atom is -0.407 e. The third-order valence-electron chi connectivity index (χ3n) is 4.88. The fourth-order valence-corrected chi connectivity index (χ4v) is 5.82. The number of halogens is 6. The summed E-state index contributed by atoms with van der Waals surface area (Å²) in [6.07, 6.45) is -2.17. The highest BCUT2D eigenvalue weighted by Crippen LogP contribution is 2.46. The lowest BCUT2D eigenvalue weighted by Crippen LogP contribution is -2.25. The average molecular weight is 747 g/mol. The minimum absolute atomic E-state index is 0.0761. The zero-order valence-electron chi connectivity index (χ0n) is 24.3. The molecular weight excluding hydrogens is 722 g/mol. The first-order valence-corrected chi connectivity index (χ1v) is 15.8. The molecule has 3 amide bonds. The van der Waals surface area contributed by atoms with Crippen LogP contribution in [0.4, 0.5) is 27.6 Å². The van der Waals surface area contributed by atoms with Crippen LogP contribution < -0.4 is 14.2 Å². The van der Waals surface area contributed by atoms with E-state index in [0.29, 0.717) is 14.7 Å². The van der Waals surface area contributed by atoms with Gasteiger partial charge in [-0.25, -0.2) is 27.6 Å². The molecule has 3 aromatic carbocycles. The molecule has 0 saturated heterocycles. The third-order valence-corrected chi connectivity index (χ3v) is 8.99. The Hall–Kier alpha value is -2.82. The molecule has 0 saturated carbocycles. The average Bonchev–Trinajstić information content (AvgIpc) is 2.94. The highest BCUT2D eigenvalue weighted by Gasteiger charge is 2.19. The van der Waals surface area contributed by atoms with Gasteiger partial charge in [0.1, 0.15) is 0 Å². The maximum atomic E-state index is 14.1. The predicted molar refractivity (Wildman–Crippen MR) is 172 cm³/mol. The summed E-state index contributed by atoms with van der Waals surface area (Å²) in [5.74, 6) is -3.10. The van der Waals surface area contributed by atoms with Crippen LogP contribution in [0.25, 0.3) is 0 Å². The maximum absolute atomic E-state index is 14.1. The number of nitrogens with zero attached hydrogens (tertiary/aromatic N) is 3. The summed E-state index contributed by atoms with van der Waals surface area (Å²) in [5, 5.41) is 0.319. The van der Waals surface area contributed by atoms with E-state index in [0.717, 1.165) is 49.6 Å². The van der Waals surface area contributed by atoms with Gasteiger partial charge in [-0.15, -0.1) is 12.6 Å². The molecular formula is C27H25Cl3F3N3O6S3. The highest BCUT2D eigenvalue weighted by molar-refractivity contribution is 8.76. The lowest BCUT2D eigenvalue weighted by Gasteiger charge is -2.14. The molecule has 0 bridgehead atoms. The molecule has 0 aliphatic rings. The Balaban J connectivity index is 0.000000394. The lowest BCUT2D eigenvalue weighted by molar-refractivity contribution is 0.169. The van der Waals surface area contributed by atoms with Gasteiger partial charge in [-0.3, -0.25) is 0 Å². The zero-order chi connectivity index (χ0) is 34.2. The summed E-state index contributed by atoms with van der Waals surface area (Å²) in [4.78, 5) is 39.1. The van der Waals surface area contributed by atoms with Crippen LogP contribution in [0.1, 0.15) is 0 Å². The zero-order valence-corrected chi connectivity index (χ0v) is 29.1. The van der Waals surface area contributed by atoms with Gasteiger partial charge in [-0.1, -0.05) is 56.4 Å². The SMILES string of the molecule is CN(C)C(=O)Oc1cc(S)c(Cl)cc1F.CN(C)C(=O)Oc1cc(SSc2cc(OC(=O)N(C)C)c(F)cc2Cl)c(Cl)cc1F. The van der Waals surface area contributed by atoms with Gasteiger partial charge >= 0.3 is 18.3 Å². The number of carbonyl (C=O) groups is 3. The molecule has 45 heavy (non-hydrogen) atoms. The van der Waals surface area contributed by atoms with Crippen LogP contribution >= 0.6 is 69.0 Å². The first-order valence-electron chi connectivity index (χ1n) is 12.1. The Morgan fingerprint density at radius 3 is 1.18 bits per heavy atom. The topological polar surface area (TPSA) is 88.6 Å². The van der Waals surface area contributed by atoms with Gasteiger partial charge in [0.2, 0.25) is 0 Å². The van der Waals surface area contributed by atoms with E-state index in [1.54, 1.807) is 0 Å². The predicted octanol–water partition coefficient (Wildman–Crippen LogP) is 9.02. The fourth-order valence-electron chi connectivity index (χ4n) is 2.55. The van der Waals surface area contributed by atoms with E-state index >= 15 is 0 Å². The molecule has 0 aromatic heterocycles. The van der Waals surface area contributed by atoms with Gasteiger partial charge in [-0.2, -0.15) is 0 Å². The van der Waals surface area contributed by atoms with Crippen molar-refractivity contribution >= 4 is 87.3 Å². The van der Waals surface area contributed by atoms with Gasteiger partial charge in [0.15, 0.2) is 34.7 Å². The second kappa shape index (κ2) is 17.2. The van der Waals surface area contributed by atoms with Crippen molar-refractivity contribution in [2.24, 2.45) is 0 Å². The van der Waals surface area contributed by atoms with Gasteiger partial charge in [0, 0.05) is 69.1 Å².